The quantitative estimate of drug-likeness (QED) is 0.804. The van der Waals surface area contributed by atoms with Crippen molar-refractivity contribution >= 4 is 5.97 Å². The first-order chi connectivity index (χ1) is 10.3. The van der Waals surface area contributed by atoms with Crippen LogP contribution >= 0.6 is 0 Å². The van der Waals surface area contributed by atoms with Crippen LogP contribution in [0.25, 0.3) is 0 Å². The van der Waals surface area contributed by atoms with Gasteiger partial charge in [0.2, 0.25) is 0 Å². The molecule has 124 valence electrons. The molecule has 7 atom stereocenters. The van der Waals surface area contributed by atoms with E-state index in [0.717, 1.165) is 19.3 Å². The maximum atomic E-state index is 12.6. The Morgan fingerprint density at radius 1 is 1.27 bits per heavy atom. The summed E-state index contributed by atoms with van der Waals surface area (Å²) in [6.45, 7) is 6.44. The summed E-state index contributed by atoms with van der Waals surface area (Å²) >= 11 is 0. The molecular formula is C17H26O5. The number of rotatable bonds is 3. The largest absolute Gasteiger partial charge is 0.462 e. The van der Waals surface area contributed by atoms with Gasteiger partial charge in [-0.3, -0.25) is 4.79 Å². The molecule has 4 fully saturated rings. The minimum absolute atomic E-state index is 0.137. The van der Waals surface area contributed by atoms with Gasteiger partial charge in [-0.25, -0.2) is 0 Å². The van der Waals surface area contributed by atoms with Crippen LogP contribution in [0.3, 0.4) is 0 Å². The van der Waals surface area contributed by atoms with Crippen molar-refractivity contribution in [3.63, 3.8) is 0 Å². The van der Waals surface area contributed by atoms with Gasteiger partial charge in [-0.05, 0) is 63.7 Å². The van der Waals surface area contributed by atoms with Crippen molar-refractivity contribution in [2.75, 3.05) is 13.2 Å². The van der Waals surface area contributed by atoms with Gasteiger partial charge in [0.1, 0.15) is 12.7 Å². The van der Waals surface area contributed by atoms with Crippen LogP contribution in [0.5, 0.6) is 0 Å². The van der Waals surface area contributed by atoms with Gasteiger partial charge in [0, 0.05) is 0 Å². The summed E-state index contributed by atoms with van der Waals surface area (Å²) in [5.41, 5.74) is -0.451. The third kappa shape index (κ3) is 2.13. The van der Waals surface area contributed by atoms with Gasteiger partial charge in [-0.1, -0.05) is 0 Å². The average molecular weight is 310 g/mol. The van der Waals surface area contributed by atoms with Crippen LogP contribution in [0.1, 0.15) is 40.0 Å². The fourth-order valence-electron chi connectivity index (χ4n) is 5.26. The number of aliphatic hydroxyl groups excluding tert-OH is 1. The third-order valence-corrected chi connectivity index (χ3v) is 6.34. The van der Waals surface area contributed by atoms with E-state index in [0.29, 0.717) is 30.3 Å². The molecule has 3 saturated carbocycles. The summed E-state index contributed by atoms with van der Waals surface area (Å²) in [6.07, 6.45) is 2.38. The van der Waals surface area contributed by atoms with E-state index in [1.807, 2.05) is 20.8 Å². The summed E-state index contributed by atoms with van der Waals surface area (Å²) in [7, 11) is 0. The van der Waals surface area contributed by atoms with Crippen LogP contribution in [-0.4, -0.2) is 42.3 Å². The van der Waals surface area contributed by atoms with Crippen LogP contribution in [0, 0.1) is 29.1 Å². The van der Waals surface area contributed by atoms with Crippen LogP contribution in [0.2, 0.25) is 0 Å². The van der Waals surface area contributed by atoms with Gasteiger partial charge >= 0.3 is 5.97 Å². The fourth-order valence-corrected chi connectivity index (χ4v) is 5.26. The molecule has 0 bridgehead atoms. The second-order valence-electron chi connectivity index (χ2n) is 8.41. The van der Waals surface area contributed by atoms with E-state index in [4.69, 9.17) is 14.2 Å². The van der Waals surface area contributed by atoms with E-state index in [-0.39, 0.29) is 24.8 Å². The Balaban J connectivity index is 1.34. The Morgan fingerprint density at radius 3 is 2.73 bits per heavy atom. The second kappa shape index (κ2) is 4.68. The van der Waals surface area contributed by atoms with E-state index in [2.05, 4.69) is 0 Å². The highest BCUT2D eigenvalue weighted by atomic mass is 16.7. The van der Waals surface area contributed by atoms with Crippen LogP contribution in [0.15, 0.2) is 0 Å². The predicted molar refractivity (Wildman–Crippen MR) is 77.8 cm³/mol. The summed E-state index contributed by atoms with van der Waals surface area (Å²) in [5.74, 6) is 1.37. The van der Waals surface area contributed by atoms with Crippen LogP contribution in [-0.2, 0) is 19.0 Å². The van der Waals surface area contributed by atoms with Crippen molar-refractivity contribution in [3.05, 3.63) is 0 Å². The second-order valence-corrected chi connectivity index (χ2v) is 8.41. The molecule has 4 aliphatic rings. The molecule has 0 aromatic carbocycles. The molecule has 0 aromatic heterocycles. The maximum Gasteiger partial charge on any atom is 0.311 e. The van der Waals surface area contributed by atoms with E-state index in [1.54, 1.807) is 0 Å². The predicted octanol–water partition coefficient (Wildman–Crippen LogP) is 1.72. The number of carbonyl (C=O) groups excluding carboxylic acids is 1. The molecule has 0 spiro atoms. The van der Waals surface area contributed by atoms with Gasteiger partial charge in [0.15, 0.2) is 5.79 Å². The molecule has 22 heavy (non-hydrogen) atoms. The Kier molecular flexibility index (Phi) is 3.17. The van der Waals surface area contributed by atoms with Crippen molar-refractivity contribution in [2.45, 2.75) is 58.0 Å². The summed E-state index contributed by atoms with van der Waals surface area (Å²) < 4.78 is 16.7. The van der Waals surface area contributed by atoms with Crippen molar-refractivity contribution in [1.29, 1.82) is 0 Å². The number of hydrogen-bond donors (Lipinski definition) is 1. The zero-order chi connectivity index (χ0) is 15.7. The molecule has 7 unspecified atom stereocenters. The lowest BCUT2D eigenvalue weighted by Crippen LogP contribution is -2.67. The lowest BCUT2D eigenvalue weighted by Gasteiger charge is -2.67. The molecule has 1 heterocycles. The van der Waals surface area contributed by atoms with Crippen LogP contribution < -0.4 is 0 Å². The molecule has 0 aromatic rings. The van der Waals surface area contributed by atoms with Gasteiger partial charge < -0.3 is 19.3 Å². The molecular weight excluding hydrogens is 284 g/mol. The first kappa shape index (κ1) is 14.9. The zero-order valence-corrected chi connectivity index (χ0v) is 13.6. The highest BCUT2D eigenvalue weighted by molar-refractivity contribution is 5.76. The SMILES string of the molecule is CC1(C)OCC(COC(=O)C2(C)CC3CC4C(O)C(C2)C34)O1. The van der Waals surface area contributed by atoms with Gasteiger partial charge in [-0.2, -0.15) is 0 Å². The minimum Gasteiger partial charge on any atom is -0.462 e. The number of hydrogen-bond acceptors (Lipinski definition) is 5. The molecule has 1 aliphatic heterocycles. The standard InChI is InChI=1S/C17H26O5/c1-16(2)21-8-10(22-16)7-20-15(19)17(3)5-9-4-11-13(9)12(6-17)14(11)18/h9-14,18H,4-8H2,1-3H3. The lowest BCUT2D eigenvalue weighted by atomic mass is 9.39. The summed E-state index contributed by atoms with van der Waals surface area (Å²) in [6, 6.07) is 0. The molecule has 1 saturated heterocycles. The lowest BCUT2D eigenvalue weighted by molar-refractivity contribution is -0.242. The van der Waals surface area contributed by atoms with Crippen molar-refractivity contribution in [1.82, 2.24) is 0 Å². The number of esters is 1. The molecule has 0 amide bonds. The summed E-state index contributed by atoms with van der Waals surface area (Å²) in [5, 5.41) is 10.1. The first-order valence-corrected chi connectivity index (χ1v) is 8.46. The zero-order valence-electron chi connectivity index (χ0n) is 13.6. The molecule has 1 N–H and O–H groups in total. The maximum absolute atomic E-state index is 12.6. The highest BCUT2D eigenvalue weighted by Crippen LogP contribution is 2.67. The minimum atomic E-state index is -0.587. The smallest absolute Gasteiger partial charge is 0.311 e. The number of ether oxygens (including phenoxy) is 3. The van der Waals surface area contributed by atoms with Gasteiger partial charge in [0.25, 0.3) is 0 Å². The molecule has 5 heteroatoms. The van der Waals surface area contributed by atoms with Gasteiger partial charge in [-0.15, -0.1) is 0 Å². The summed E-state index contributed by atoms with van der Waals surface area (Å²) in [4.78, 5) is 12.6. The van der Waals surface area contributed by atoms with E-state index in [1.165, 1.54) is 0 Å². The fraction of sp³-hybridized carbons (Fsp3) is 0.941. The van der Waals surface area contributed by atoms with E-state index >= 15 is 0 Å². The van der Waals surface area contributed by atoms with Gasteiger partial charge in [0.05, 0.1) is 18.1 Å². The van der Waals surface area contributed by atoms with Crippen molar-refractivity contribution in [2.24, 2.45) is 29.1 Å². The number of carbonyl (C=O) groups is 1. The van der Waals surface area contributed by atoms with Crippen LogP contribution in [0.4, 0.5) is 0 Å². The Bertz CT molecular complexity index is 489. The Labute approximate surface area is 131 Å². The van der Waals surface area contributed by atoms with Crippen molar-refractivity contribution < 1.29 is 24.1 Å². The monoisotopic (exact) mass is 310 g/mol. The highest BCUT2D eigenvalue weighted by Gasteiger charge is 2.66. The molecule has 0 radical (unpaired) electrons. The first-order valence-electron chi connectivity index (χ1n) is 8.46. The van der Waals surface area contributed by atoms with E-state index in [9.17, 15) is 9.90 Å². The number of aliphatic hydroxyl groups is 1. The Morgan fingerprint density at radius 2 is 2.05 bits per heavy atom. The topological polar surface area (TPSA) is 65.0 Å². The van der Waals surface area contributed by atoms with Crippen molar-refractivity contribution in [3.8, 4) is 0 Å². The molecule has 5 nitrogen and oxygen atoms in total. The molecule has 3 aliphatic carbocycles. The normalized spacial score (nSPS) is 51.5. The Hall–Kier alpha value is -0.650. The third-order valence-electron chi connectivity index (χ3n) is 6.34. The average Bonchev–Trinajstić information content (AvgIpc) is 2.77. The molecule has 4 rings (SSSR count). The van der Waals surface area contributed by atoms with E-state index < -0.39 is 11.2 Å².